The fraction of sp³-hybridized carbons (Fsp3) is 0.533. The quantitative estimate of drug-likeness (QED) is 0.313. The summed E-state index contributed by atoms with van der Waals surface area (Å²) >= 11 is 6.01. The van der Waals surface area contributed by atoms with Gasteiger partial charge in [-0.05, 0) is 25.1 Å². The average molecular weight is 330 g/mol. The maximum atomic E-state index is 11.3. The van der Waals surface area contributed by atoms with Gasteiger partial charge in [-0.2, -0.15) is 0 Å². The molecule has 0 spiro atoms. The Bertz CT molecular complexity index is 492. The Morgan fingerprint density at radius 3 is 2.76 bits per heavy atom. The van der Waals surface area contributed by atoms with Crippen LogP contribution in [0.1, 0.15) is 12.6 Å². The van der Waals surface area contributed by atoms with Gasteiger partial charge in [-0.25, -0.2) is 4.79 Å². The van der Waals surface area contributed by atoms with Crippen molar-refractivity contribution in [1.29, 1.82) is 0 Å². The topological polar surface area (TPSA) is 40.5 Å². The van der Waals surface area contributed by atoms with Crippen LogP contribution in [-0.2, 0) is 21.0 Å². The fourth-order valence-electron chi connectivity index (χ4n) is 1.63. The van der Waals surface area contributed by atoms with Crippen LogP contribution < -0.4 is 0 Å². The summed E-state index contributed by atoms with van der Waals surface area (Å²) in [6.45, 7) is 10.3. The lowest BCUT2D eigenvalue weighted by Crippen LogP contribution is -2.22. The molecule has 0 aliphatic heterocycles. The lowest BCUT2D eigenvalue weighted by Gasteiger charge is -2.16. The number of hydrogen-bond donors (Lipinski definition) is 0. The highest BCUT2D eigenvalue weighted by molar-refractivity contribution is 6.76. The van der Waals surface area contributed by atoms with Crippen LogP contribution >= 0.6 is 11.6 Å². The maximum absolute atomic E-state index is 11.3. The van der Waals surface area contributed by atoms with E-state index in [2.05, 4.69) is 19.6 Å². The zero-order valence-corrected chi connectivity index (χ0v) is 14.9. The Kier molecular flexibility index (Phi) is 7.21. The Labute approximate surface area is 132 Å². The fourth-order valence-corrected chi connectivity index (χ4v) is 2.61. The van der Waals surface area contributed by atoms with Gasteiger partial charge in [0.2, 0.25) is 0 Å². The number of hydrogen-bond acceptors (Lipinski definition) is 3. The van der Waals surface area contributed by atoms with Gasteiger partial charge in [0.25, 0.3) is 0 Å². The molecule has 0 bridgehead atoms. The largest absolute Gasteiger partial charge is 0.463 e. The maximum Gasteiger partial charge on any atom is 0.330 e. The SMILES string of the molecule is CCOC(=O)/C=C/c1cc(Cl)cn1COCC[Si](C)(C)C. The van der Waals surface area contributed by atoms with Crippen LogP contribution in [-0.4, -0.2) is 31.8 Å². The average Bonchev–Trinajstić information content (AvgIpc) is 2.72. The molecule has 1 heterocycles. The molecule has 0 saturated carbocycles. The molecule has 21 heavy (non-hydrogen) atoms. The molecule has 0 saturated heterocycles. The predicted molar refractivity (Wildman–Crippen MR) is 89.2 cm³/mol. The van der Waals surface area contributed by atoms with E-state index >= 15 is 0 Å². The van der Waals surface area contributed by atoms with Crippen molar-refractivity contribution in [3.63, 3.8) is 0 Å². The van der Waals surface area contributed by atoms with Gasteiger partial charge in [-0.15, -0.1) is 0 Å². The lowest BCUT2D eigenvalue weighted by atomic mass is 10.4. The van der Waals surface area contributed by atoms with Crippen molar-refractivity contribution in [3.05, 3.63) is 29.1 Å². The van der Waals surface area contributed by atoms with Crippen molar-refractivity contribution >= 4 is 31.7 Å². The van der Waals surface area contributed by atoms with Gasteiger partial charge in [-0.1, -0.05) is 31.2 Å². The third kappa shape index (κ3) is 7.50. The number of aromatic nitrogens is 1. The van der Waals surface area contributed by atoms with Crippen LogP contribution in [0, 0.1) is 0 Å². The van der Waals surface area contributed by atoms with Crippen LogP contribution in [0.15, 0.2) is 18.3 Å². The molecule has 0 amide bonds. The second-order valence-corrected chi connectivity index (χ2v) is 12.0. The van der Waals surface area contributed by atoms with Crippen LogP contribution in [0.25, 0.3) is 6.08 Å². The van der Waals surface area contributed by atoms with Gasteiger partial charge < -0.3 is 14.0 Å². The molecule has 0 aromatic carbocycles. The first kappa shape index (κ1) is 18.0. The van der Waals surface area contributed by atoms with Crippen molar-refractivity contribution in [1.82, 2.24) is 4.57 Å². The number of carbonyl (C=O) groups excluding carboxylic acids is 1. The summed E-state index contributed by atoms with van der Waals surface area (Å²) < 4.78 is 12.4. The van der Waals surface area contributed by atoms with E-state index in [1.165, 1.54) is 6.08 Å². The Morgan fingerprint density at radius 2 is 2.14 bits per heavy atom. The molecule has 0 aliphatic carbocycles. The van der Waals surface area contributed by atoms with Crippen molar-refractivity contribution in [2.75, 3.05) is 13.2 Å². The minimum Gasteiger partial charge on any atom is -0.463 e. The van der Waals surface area contributed by atoms with Gasteiger partial charge in [0.05, 0.1) is 11.6 Å². The zero-order chi connectivity index (χ0) is 15.9. The molecule has 1 rings (SSSR count). The van der Waals surface area contributed by atoms with Gasteiger partial charge >= 0.3 is 5.97 Å². The summed E-state index contributed by atoms with van der Waals surface area (Å²) in [5.41, 5.74) is 0.820. The number of halogens is 1. The molecular formula is C15H24ClNO3Si. The number of carbonyl (C=O) groups is 1. The molecule has 0 radical (unpaired) electrons. The Hall–Kier alpha value is -1.04. The molecule has 0 aliphatic rings. The first-order chi connectivity index (χ1) is 9.81. The molecule has 0 unspecified atom stereocenters. The highest BCUT2D eigenvalue weighted by atomic mass is 35.5. The third-order valence-corrected chi connectivity index (χ3v) is 4.71. The van der Waals surface area contributed by atoms with Crippen LogP contribution in [0.2, 0.25) is 30.7 Å². The molecule has 4 nitrogen and oxygen atoms in total. The van der Waals surface area contributed by atoms with E-state index in [9.17, 15) is 4.79 Å². The lowest BCUT2D eigenvalue weighted by molar-refractivity contribution is -0.137. The summed E-state index contributed by atoms with van der Waals surface area (Å²) in [6.07, 6.45) is 4.88. The van der Waals surface area contributed by atoms with E-state index in [0.717, 1.165) is 18.3 Å². The van der Waals surface area contributed by atoms with E-state index in [0.29, 0.717) is 18.4 Å². The molecule has 0 fully saturated rings. The van der Waals surface area contributed by atoms with Crippen molar-refractivity contribution in [2.24, 2.45) is 0 Å². The van der Waals surface area contributed by atoms with Gasteiger partial charge in [-0.3, -0.25) is 0 Å². The molecule has 1 aromatic rings. The van der Waals surface area contributed by atoms with Gasteiger partial charge in [0.15, 0.2) is 0 Å². The minimum absolute atomic E-state index is 0.360. The minimum atomic E-state index is -1.08. The molecular weight excluding hydrogens is 306 g/mol. The summed E-state index contributed by atoms with van der Waals surface area (Å²) in [6, 6.07) is 2.91. The van der Waals surface area contributed by atoms with E-state index < -0.39 is 8.07 Å². The summed E-state index contributed by atoms with van der Waals surface area (Å²) in [5.74, 6) is -0.360. The highest BCUT2D eigenvalue weighted by Gasteiger charge is 2.12. The first-order valence-electron chi connectivity index (χ1n) is 7.10. The molecule has 6 heteroatoms. The van der Waals surface area contributed by atoms with Crippen LogP contribution in [0.5, 0.6) is 0 Å². The summed E-state index contributed by atoms with van der Waals surface area (Å²) in [4.78, 5) is 11.3. The number of nitrogens with zero attached hydrogens (tertiary/aromatic N) is 1. The second-order valence-electron chi connectivity index (χ2n) is 5.99. The number of rotatable bonds is 8. The number of esters is 1. The molecule has 118 valence electrons. The first-order valence-corrected chi connectivity index (χ1v) is 11.2. The standard InChI is InChI=1S/C15H24ClNO3Si/c1-5-20-15(18)7-6-14-10-13(16)11-17(14)12-19-8-9-21(2,3)4/h6-7,10-11H,5,8-9,12H2,1-4H3/b7-6+. The zero-order valence-electron chi connectivity index (χ0n) is 13.2. The normalized spacial score (nSPS) is 12.0. The number of ether oxygens (including phenoxy) is 2. The van der Waals surface area contributed by atoms with Crippen molar-refractivity contribution < 1.29 is 14.3 Å². The van der Waals surface area contributed by atoms with E-state index in [4.69, 9.17) is 21.1 Å². The third-order valence-electron chi connectivity index (χ3n) is 2.80. The van der Waals surface area contributed by atoms with Crippen LogP contribution in [0.3, 0.4) is 0 Å². The van der Waals surface area contributed by atoms with E-state index in [1.54, 1.807) is 25.3 Å². The highest BCUT2D eigenvalue weighted by Crippen LogP contribution is 2.16. The van der Waals surface area contributed by atoms with Gasteiger partial charge in [0, 0.05) is 32.6 Å². The Morgan fingerprint density at radius 1 is 1.43 bits per heavy atom. The van der Waals surface area contributed by atoms with Gasteiger partial charge in [0.1, 0.15) is 6.73 Å². The molecule has 0 atom stereocenters. The Balaban J connectivity index is 2.57. The van der Waals surface area contributed by atoms with E-state index in [-0.39, 0.29) is 5.97 Å². The molecule has 0 N–H and O–H groups in total. The summed E-state index contributed by atoms with van der Waals surface area (Å²) in [7, 11) is -1.08. The van der Waals surface area contributed by atoms with Crippen LogP contribution in [0.4, 0.5) is 0 Å². The second kappa shape index (κ2) is 8.41. The predicted octanol–water partition coefficient (Wildman–Crippen LogP) is 4.03. The van der Waals surface area contributed by atoms with Crippen molar-refractivity contribution in [3.8, 4) is 0 Å². The van der Waals surface area contributed by atoms with Crippen molar-refractivity contribution in [2.45, 2.75) is 39.3 Å². The van der Waals surface area contributed by atoms with E-state index in [1.807, 2.05) is 4.57 Å². The summed E-state index contributed by atoms with van der Waals surface area (Å²) in [5, 5.41) is 0.618. The smallest absolute Gasteiger partial charge is 0.330 e. The monoisotopic (exact) mass is 329 g/mol. The molecule has 1 aromatic heterocycles.